The monoisotopic (exact) mass is 544 g/mol. The first-order valence-corrected chi connectivity index (χ1v) is 15.2. The van der Waals surface area contributed by atoms with E-state index >= 15 is 0 Å². The molecule has 7 nitrogen and oxygen atoms in total. The molecule has 0 spiro atoms. The Kier molecular flexibility index (Phi) is 8.03. The van der Waals surface area contributed by atoms with Crippen molar-refractivity contribution in [2.75, 3.05) is 46.4 Å². The van der Waals surface area contributed by atoms with Crippen LogP contribution in [0, 0.1) is 12.8 Å². The van der Waals surface area contributed by atoms with Gasteiger partial charge in [0.1, 0.15) is 11.5 Å². The maximum Gasteiger partial charge on any atom is 0.163 e. The number of H-pyrrole nitrogens is 1. The van der Waals surface area contributed by atoms with Crippen molar-refractivity contribution in [1.29, 1.82) is 0 Å². The van der Waals surface area contributed by atoms with Crippen LogP contribution in [0.2, 0.25) is 0 Å². The Labute approximate surface area is 237 Å². The maximum absolute atomic E-state index is 6.26. The molecule has 0 atom stereocenters. The predicted octanol–water partition coefficient (Wildman–Crippen LogP) is 6.82. The molecule has 0 unspecified atom stereocenters. The third kappa shape index (κ3) is 5.72. The molecular formula is C33H44N4O3. The second-order valence-corrected chi connectivity index (χ2v) is 12.0. The van der Waals surface area contributed by atoms with Crippen LogP contribution in [-0.2, 0) is 6.42 Å². The minimum Gasteiger partial charge on any atom is -0.493 e. The lowest BCUT2D eigenvalue weighted by molar-refractivity contribution is 0.149. The van der Waals surface area contributed by atoms with E-state index in [0.29, 0.717) is 18.6 Å². The Hall–Kier alpha value is -3.03. The number of nitrogens with one attached hydrogen (secondary N) is 1. The number of likely N-dealkylation sites (tertiary alicyclic amines) is 2. The Morgan fingerprint density at radius 1 is 1.02 bits per heavy atom. The Morgan fingerprint density at radius 3 is 2.52 bits per heavy atom. The summed E-state index contributed by atoms with van der Waals surface area (Å²) in [5.74, 6) is 3.86. The zero-order valence-corrected chi connectivity index (χ0v) is 24.6. The maximum atomic E-state index is 6.26. The second-order valence-electron chi connectivity index (χ2n) is 12.0. The van der Waals surface area contributed by atoms with Gasteiger partial charge in [0.25, 0.3) is 0 Å². The Morgan fingerprint density at radius 2 is 1.82 bits per heavy atom. The quantitative estimate of drug-likeness (QED) is 0.221. The molecule has 1 N–H and O–H groups in total. The third-order valence-corrected chi connectivity index (χ3v) is 8.85. The third-order valence-electron chi connectivity index (χ3n) is 8.85. The summed E-state index contributed by atoms with van der Waals surface area (Å²) >= 11 is 0. The number of methoxy groups -OCH3 is 1. The second kappa shape index (κ2) is 11.8. The van der Waals surface area contributed by atoms with E-state index in [9.17, 15) is 0 Å². The molecule has 40 heavy (non-hydrogen) atoms. The van der Waals surface area contributed by atoms with Crippen LogP contribution in [0.25, 0.3) is 33.3 Å². The summed E-state index contributed by atoms with van der Waals surface area (Å²) in [5.41, 5.74) is 4.10. The van der Waals surface area contributed by atoms with Crippen molar-refractivity contribution in [2.45, 2.75) is 65.3 Å². The van der Waals surface area contributed by atoms with Gasteiger partial charge in [-0.05, 0) is 116 Å². The fraction of sp³-hybridized carbons (Fsp3) is 0.545. The van der Waals surface area contributed by atoms with Crippen molar-refractivity contribution in [2.24, 2.45) is 5.92 Å². The Balaban J connectivity index is 1.31. The highest BCUT2D eigenvalue weighted by Gasteiger charge is 2.23. The number of furan rings is 1. The van der Waals surface area contributed by atoms with Crippen LogP contribution < -0.4 is 9.47 Å². The molecule has 214 valence electrons. The first-order chi connectivity index (χ1) is 19.5. The highest BCUT2D eigenvalue weighted by Crippen LogP contribution is 2.39. The molecular weight excluding hydrogens is 500 g/mol. The Bertz CT molecular complexity index is 1440. The summed E-state index contributed by atoms with van der Waals surface area (Å²) in [5, 5.41) is 2.14. The largest absolute Gasteiger partial charge is 0.493 e. The number of nitrogens with zero attached hydrogens (tertiary/aromatic N) is 3. The minimum absolute atomic E-state index is 0.625. The van der Waals surface area contributed by atoms with Gasteiger partial charge in [0.05, 0.1) is 24.8 Å². The smallest absolute Gasteiger partial charge is 0.163 e. The summed E-state index contributed by atoms with van der Waals surface area (Å²) in [6, 6.07) is 11.1. The van der Waals surface area contributed by atoms with Crippen LogP contribution in [0.3, 0.4) is 0 Å². The first kappa shape index (κ1) is 27.2. The van der Waals surface area contributed by atoms with E-state index in [0.717, 1.165) is 69.9 Å². The molecule has 0 bridgehead atoms. The van der Waals surface area contributed by atoms with Gasteiger partial charge in [0, 0.05) is 35.1 Å². The van der Waals surface area contributed by atoms with Crippen molar-refractivity contribution in [1.82, 2.24) is 19.8 Å². The molecule has 1 aromatic carbocycles. The molecule has 0 radical (unpaired) electrons. The topological polar surface area (TPSA) is 66.8 Å². The zero-order valence-electron chi connectivity index (χ0n) is 24.6. The number of aromatic nitrogens is 2. The number of ether oxygens (including phenoxy) is 2. The molecule has 0 aliphatic carbocycles. The summed E-state index contributed by atoms with van der Waals surface area (Å²) in [6.45, 7) is 13.1. The molecule has 5 heterocycles. The number of fused-ring (bicyclic) bond motifs is 3. The molecule has 4 aromatic rings. The molecule has 0 amide bonds. The molecule has 2 fully saturated rings. The van der Waals surface area contributed by atoms with Crippen LogP contribution in [0.5, 0.6) is 11.5 Å². The van der Waals surface area contributed by atoms with Gasteiger partial charge in [-0.1, -0.05) is 0 Å². The number of piperidine rings is 1. The van der Waals surface area contributed by atoms with E-state index < -0.39 is 0 Å². The lowest BCUT2D eigenvalue weighted by atomic mass is 9.91. The molecule has 7 heteroatoms. The molecule has 0 saturated carbocycles. The van der Waals surface area contributed by atoms with Gasteiger partial charge in [-0.25, -0.2) is 4.98 Å². The predicted molar refractivity (Wildman–Crippen MR) is 162 cm³/mol. The highest BCUT2D eigenvalue weighted by molar-refractivity contribution is 6.10. The van der Waals surface area contributed by atoms with E-state index in [2.05, 4.69) is 40.8 Å². The van der Waals surface area contributed by atoms with Gasteiger partial charge in [-0.3, -0.25) is 0 Å². The van der Waals surface area contributed by atoms with Crippen molar-refractivity contribution in [3.05, 3.63) is 41.8 Å². The summed E-state index contributed by atoms with van der Waals surface area (Å²) in [4.78, 5) is 14.0. The molecule has 3 aromatic heterocycles. The van der Waals surface area contributed by atoms with Crippen molar-refractivity contribution >= 4 is 21.8 Å². The van der Waals surface area contributed by atoms with Gasteiger partial charge in [0.15, 0.2) is 17.3 Å². The van der Waals surface area contributed by atoms with Crippen molar-refractivity contribution in [3.8, 4) is 23.0 Å². The number of pyridine rings is 1. The average molecular weight is 545 g/mol. The fourth-order valence-electron chi connectivity index (χ4n) is 6.53. The normalized spacial score (nSPS) is 17.5. The number of aromatic amines is 1. The van der Waals surface area contributed by atoms with E-state index in [1.54, 1.807) is 7.11 Å². The number of hydrogen-bond donors (Lipinski definition) is 1. The fourth-order valence-corrected chi connectivity index (χ4v) is 6.53. The SMILES string of the molecule is COc1cc2c(cc1OCCCN1CCCC1)nc(-c1ccc(C)o1)c1cc(CC3CCN(C(C)C)CC3)[nH]c12. The summed E-state index contributed by atoms with van der Waals surface area (Å²) < 4.78 is 18.1. The van der Waals surface area contributed by atoms with Crippen LogP contribution in [0.15, 0.2) is 34.7 Å². The number of aryl methyl sites for hydroxylation is 1. The molecule has 2 aliphatic rings. The van der Waals surface area contributed by atoms with Crippen LogP contribution >= 0.6 is 0 Å². The van der Waals surface area contributed by atoms with E-state index in [4.69, 9.17) is 18.9 Å². The van der Waals surface area contributed by atoms with E-state index in [-0.39, 0.29) is 0 Å². The van der Waals surface area contributed by atoms with E-state index in [1.807, 2.05) is 25.1 Å². The van der Waals surface area contributed by atoms with Crippen molar-refractivity contribution in [3.63, 3.8) is 0 Å². The average Bonchev–Trinajstić information content (AvgIpc) is 3.72. The van der Waals surface area contributed by atoms with Gasteiger partial charge in [-0.2, -0.15) is 0 Å². The number of benzene rings is 1. The van der Waals surface area contributed by atoms with Crippen LogP contribution in [0.4, 0.5) is 0 Å². The van der Waals surface area contributed by atoms with Gasteiger partial charge < -0.3 is 28.7 Å². The molecule has 2 saturated heterocycles. The first-order valence-electron chi connectivity index (χ1n) is 15.2. The molecule has 6 rings (SSSR count). The van der Waals surface area contributed by atoms with E-state index in [1.165, 1.54) is 57.6 Å². The molecule has 2 aliphatic heterocycles. The number of hydrogen-bond acceptors (Lipinski definition) is 6. The summed E-state index contributed by atoms with van der Waals surface area (Å²) in [6.07, 6.45) is 7.16. The van der Waals surface area contributed by atoms with Crippen LogP contribution in [0.1, 0.15) is 57.4 Å². The van der Waals surface area contributed by atoms with Crippen molar-refractivity contribution < 1.29 is 13.9 Å². The van der Waals surface area contributed by atoms with Gasteiger partial charge in [0.2, 0.25) is 0 Å². The standard InChI is InChI=1S/C33H44N4O3/c1-22(2)37-15-10-24(11-16-37)18-25-19-27-32(34-25)26-20-30(38-4)31(39-17-7-14-36-12-5-6-13-36)21-28(26)35-33(27)29-9-8-23(3)40-29/h8-9,19-22,24,34H,5-7,10-18H2,1-4H3. The minimum atomic E-state index is 0.625. The van der Waals surface area contributed by atoms with Crippen LogP contribution in [-0.4, -0.2) is 72.3 Å². The zero-order chi connectivity index (χ0) is 27.6. The lowest BCUT2D eigenvalue weighted by Gasteiger charge is -2.34. The summed E-state index contributed by atoms with van der Waals surface area (Å²) in [7, 11) is 1.71. The number of rotatable bonds is 10. The van der Waals surface area contributed by atoms with Gasteiger partial charge in [-0.15, -0.1) is 0 Å². The lowest BCUT2D eigenvalue weighted by Crippen LogP contribution is -2.38. The highest BCUT2D eigenvalue weighted by atomic mass is 16.5. The van der Waals surface area contributed by atoms with Gasteiger partial charge >= 0.3 is 0 Å².